The lowest BCUT2D eigenvalue weighted by atomic mass is 10.0. The average molecular weight is 498 g/mol. The van der Waals surface area contributed by atoms with E-state index in [9.17, 15) is 8.42 Å². The second-order valence-corrected chi connectivity index (χ2v) is 9.89. The first kappa shape index (κ1) is 21.5. The summed E-state index contributed by atoms with van der Waals surface area (Å²) in [6.45, 7) is 0. The van der Waals surface area contributed by atoms with Crippen molar-refractivity contribution in [2.24, 2.45) is 0 Å². The predicted octanol–water partition coefficient (Wildman–Crippen LogP) is 5.44. The third-order valence-corrected chi connectivity index (χ3v) is 6.96. The van der Waals surface area contributed by atoms with E-state index >= 15 is 0 Å². The lowest BCUT2D eigenvalue weighted by molar-refractivity contribution is 0.598. The summed E-state index contributed by atoms with van der Waals surface area (Å²) in [6, 6.07) is 22.5. The number of fused-ring (bicyclic) bond motifs is 1. The first-order chi connectivity index (χ1) is 15.9. The van der Waals surface area contributed by atoms with Gasteiger partial charge in [-0.1, -0.05) is 65.7 Å². The fourth-order valence-corrected chi connectivity index (χ4v) is 4.72. The first-order valence-electron chi connectivity index (χ1n) is 9.94. The van der Waals surface area contributed by atoms with Crippen molar-refractivity contribution in [2.45, 2.75) is 10.9 Å². The van der Waals surface area contributed by atoms with Crippen molar-refractivity contribution in [3.8, 4) is 0 Å². The standard InChI is InChI=1S/C23H17Cl2N5O2S/c24-17-10-6-15(7-11-17)20-14-21(16-8-12-18(25)13-9-16)30-23(26-20)27-22(28-30)29-33(31,32)19-4-2-1-3-5-19/h1-14,21H,(H2,26,27,28,29). The van der Waals surface area contributed by atoms with E-state index in [1.54, 1.807) is 47.1 Å². The average Bonchev–Trinajstić information content (AvgIpc) is 3.22. The van der Waals surface area contributed by atoms with Gasteiger partial charge in [-0.2, -0.15) is 4.98 Å². The highest BCUT2D eigenvalue weighted by atomic mass is 35.5. The maximum atomic E-state index is 12.8. The van der Waals surface area contributed by atoms with Gasteiger partial charge >= 0.3 is 0 Å². The van der Waals surface area contributed by atoms with Crippen LogP contribution in [0.3, 0.4) is 0 Å². The largest absolute Gasteiger partial charge is 0.324 e. The normalized spacial score (nSPS) is 15.3. The fourth-order valence-electron chi connectivity index (χ4n) is 3.51. The van der Waals surface area contributed by atoms with Crippen LogP contribution in [0.2, 0.25) is 10.0 Å². The molecule has 0 saturated heterocycles. The number of aromatic nitrogens is 3. The van der Waals surface area contributed by atoms with E-state index in [4.69, 9.17) is 23.2 Å². The van der Waals surface area contributed by atoms with E-state index in [1.165, 1.54) is 12.1 Å². The Balaban J connectivity index is 1.54. The number of nitrogens with one attached hydrogen (secondary N) is 2. The van der Waals surface area contributed by atoms with Crippen molar-refractivity contribution in [1.82, 2.24) is 14.8 Å². The summed E-state index contributed by atoms with van der Waals surface area (Å²) >= 11 is 12.1. The molecule has 1 aliphatic heterocycles. The third-order valence-electron chi connectivity index (χ3n) is 5.11. The van der Waals surface area contributed by atoms with Crippen LogP contribution in [0, 0.1) is 0 Å². The van der Waals surface area contributed by atoms with Gasteiger partial charge in [-0.25, -0.2) is 17.8 Å². The Kier molecular flexibility index (Phi) is 5.57. The Labute approximate surface area is 200 Å². The third kappa shape index (κ3) is 4.45. The molecule has 0 amide bonds. The van der Waals surface area contributed by atoms with Gasteiger partial charge in [0.05, 0.1) is 4.90 Å². The van der Waals surface area contributed by atoms with E-state index in [2.05, 4.69) is 20.1 Å². The van der Waals surface area contributed by atoms with Gasteiger partial charge in [0.1, 0.15) is 6.04 Å². The van der Waals surface area contributed by atoms with Crippen LogP contribution in [0.25, 0.3) is 5.70 Å². The minimum Gasteiger partial charge on any atom is -0.324 e. The molecule has 1 unspecified atom stereocenters. The maximum Gasteiger partial charge on any atom is 0.264 e. The van der Waals surface area contributed by atoms with Gasteiger partial charge in [0.15, 0.2) is 0 Å². The molecule has 166 valence electrons. The van der Waals surface area contributed by atoms with Crippen LogP contribution in [0.4, 0.5) is 11.9 Å². The molecule has 10 heteroatoms. The first-order valence-corrected chi connectivity index (χ1v) is 12.2. The van der Waals surface area contributed by atoms with Crippen molar-refractivity contribution < 1.29 is 8.42 Å². The molecule has 0 fully saturated rings. The summed E-state index contributed by atoms with van der Waals surface area (Å²) in [6.07, 6.45) is 1.99. The zero-order valence-corrected chi connectivity index (χ0v) is 19.3. The maximum absolute atomic E-state index is 12.8. The minimum atomic E-state index is -3.84. The molecule has 4 aromatic rings. The molecule has 5 rings (SSSR count). The Morgan fingerprint density at radius 1 is 0.879 bits per heavy atom. The van der Waals surface area contributed by atoms with Gasteiger partial charge in [-0.3, -0.25) is 0 Å². The van der Waals surface area contributed by atoms with E-state index < -0.39 is 10.0 Å². The Hall–Kier alpha value is -3.33. The molecule has 1 aromatic heterocycles. The topological polar surface area (TPSA) is 88.9 Å². The minimum absolute atomic E-state index is 0.0360. The number of sulfonamides is 1. The van der Waals surface area contributed by atoms with Gasteiger partial charge in [-0.15, -0.1) is 5.10 Å². The molecule has 2 N–H and O–H groups in total. The van der Waals surface area contributed by atoms with Crippen molar-refractivity contribution in [2.75, 3.05) is 10.0 Å². The van der Waals surface area contributed by atoms with Gasteiger partial charge in [0.2, 0.25) is 5.95 Å². The number of benzene rings is 3. The Bertz CT molecular complexity index is 1430. The lowest BCUT2D eigenvalue weighted by Crippen LogP contribution is -2.20. The number of rotatable bonds is 5. The molecule has 0 radical (unpaired) electrons. The van der Waals surface area contributed by atoms with Crippen LogP contribution in [0.5, 0.6) is 0 Å². The monoisotopic (exact) mass is 497 g/mol. The highest BCUT2D eigenvalue weighted by Gasteiger charge is 2.27. The van der Waals surface area contributed by atoms with Crippen molar-refractivity contribution in [3.63, 3.8) is 0 Å². The number of allylic oxidation sites excluding steroid dienone is 1. The van der Waals surface area contributed by atoms with Crippen molar-refractivity contribution >= 4 is 50.8 Å². The Morgan fingerprint density at radius 3 is 2.18 bits per heavy atom. The number of anilines is 2. The zero-order chi connectivity index (χ0) is 23.0. The van der Waals surface area contributed by atoms with Crippen LogP contribution in [-0.2, 0) is 10.0 Å². The molecule has 7 nitrogen and oxygen atoms in total. The van der Waals surface area contributed by atoms with Gasteiger partial charge < -0.3 is 5.32 Å². The quantitative estimate of drug-likeness (QED) is 0.383. The number of halogens is 2. The highest BCUT2D eigenvalue weighted by Crippen LogP contribution is 2.34. The molecule has 1 aliphatic rings. The van der Waals surface area contributed by atoms with Crippen LogP contribution < -0.4 is 10.0 Å². The summed E-state index contributed by atoms with van der Waals surface area (Å²) < 4.78 is 29.6. The summed E-state index contributed by atoms with van der Waals surface area (Å²) in [4.78, 5) is 4.53. The number of nitrogens with zero attached hydrogens (tertiary/aromatic N) is 3. The smallest absolute Gasteiger partial charge is 0.264 e. The molecular weight excluding hydrogens is 481 g/mol. The molecule has 2 heterocycles. The fraction of sp³-hybridized carbons (Fsp3) is 0.0435. The van der Waals surface area contributed by atoms with Crippen LogP contribution in [0.1, 0.15) is 17.2 Å². The molecule has 0 aliphatic carbocycles. The SMILES string of the molecule is O=S(=O)(Nc1nc2n(n1)C(c1ccc(Cl)cc1)C=C(c1ccc(Cl)cc1)N2)c1ccccc1. The number of hydrogen-bond donors (Lipinski definition) is 2. The van der Waals surface area contributed by atoms with Gasteiger partial charge in [0.25, 0.3) is 16.0 Å². The molecule has 0 bridgehead atoms. The summed E-state index contributed by atoms with van der Waals surface area (Å²) in [7, 11) is -3.84. The molecule has 33 heavy (non-hydrogen) atoms. The van der Waals surface area contributed by atoms with Gasteiger partial charge in [-0.05, 0) is 53.6 Å². The molecular formula is C23H17Cl2N5O2S. The number of hydrogen-bond acceptors (Lipinski definition) is 5. The molecule has 0 saturated carbocycles. The van der Waals surface area contributed by atoms with E-state index in [1.807, 2.05) is 30.3 Å². The molecule has 3 aromatic carbocycles. The Morgan fingerprint density at radius 2 is 1.52 bits per heavy atom. The predicted molar refractivity (Wildman–Crippen MR) is 130 cm³/mol. The van der Waals surface area contributed by atoms with E-state index in [0.29, 0.717) is 16.0 Å². The van der Waals surface area contributed by atoms with E-state index in [-0.39, 0.29) is 16.9 Å². The van der Waals surface area contributed by atoms with Gasteiger partial charge in [0, 0.05) is 15.7 Å². The van der Waals surface area contributed by atoms with Crippen LogP contribution in [0.15, 0.2) is 89.8 Å². The zero-order valence-electron chi connectivity index (χ0n) is 17.0. The lowest BCUT2D eigenvalue weighted by Gasteiger charge is -2.24. The van der Waals surface area contributed by atoms with Crippen LogP contribution in [-0.4, -0.2) is 23.2 Å². The van der Waals surface area contributed by atoms with Crippen molar-refractivity contribution in [1.29, 1.82) is 0 Å². The summed E-state index contributed by atoms with van der Waals surface area (Å²) in [5, 5.41) is 8.92. The second kappa shape index (κ2) is 8.55. The van der Waals surface area contributed by atoms with Crippen molar-refractivity contribution in [3.05, 3.63) is 106 Å². The van der Waals surface area contributed by atoms with E-state index in [0.717, 1.165) is 16.8 Å². The van der Waals surface area contributed by atoms with Crippen LogP contribution >= 0.6 is 23.2 Å². The second-order valence-electron chi connectivity index (χ2n) is 7.33. The molecule has 0 spiro atoms. The molecule has 1 atom stereocenters. The summed E-state index contributed by atoms with van der Waals surface area (Å²) in [5.41, 5.74) is 2.61. The highest BCUT2D eigenvalue weighted by molar-refractivity contribution is 7.92. The summed E-state index contributed by atoms with van der Waals surface area (Å²) in [5.74, 6) is 0.360.